The predicted molar refractivity (Wildman–Crippen MR) is 137 cm³/mol. The number of aromatic nitrogens is 3. The third kappa shape index (κ3) is 6.55. The lowest BCUT2D eigenvalue weighted by Crippen LogP contribution is -2.51. The van der Waals surface area contributed by atoms with Crippen molar-refractivity contribution in [3.05, 3.63) is 41.7 Å². The molecule has 0 amide bonds. The molecule has 0 unspecified atom stereocenters. The standard InChI is InChI=1S/C23H34FN7.HI/c1-17-28-29-22(30(17)2)16-25-23(26-19-8-4-3-5-9-19)27-20-11-13-31(14-12-20)21-10-6-7-18(24)15-21;/h6-7,10,15,19-20H,3-5,8-9,11-14,16H2,1-2H3,(H2,25,26,27);1H. The number of benzene rings is 1. The number of aliphatic imine (C=N–C) groups is 1. The first-order valence-corrected chi connectivity index (χ1v) is 11.5. The highest BCUT2D eigenvalue weighted by Crippen LogP contribution is 2.21. The highest BCUT2D eigenvalue weighted by atomic mass is 127. The van der Waals surface area contributed by atoms with E-state index >= 15 is 0 Å². The van der Waals surface area contributed by atoms with Crippen molar-refractivity contribution in [1.82, 2.24) is 25.4 Å². The molecule has 0 atom stereocenters. The Morgan fingerprint density at radius 2 is 1.75 bits per heavy atom. The summed E-state index contributed by atoms with van der Waals surface area (Å²) in [5, 5.41) is 15.7. The fraction of sp³-hybridized carbons (Fsp3) is 0.609. The fourth-order valence-electron chi connectivity index (χ4n) is 4.46. The van der Waals surface area contributed by atoms with E-state index in [0.29, 0.717) is 18.6 Å². The van der Waals surface area contributed by atoms with Crippen molar-refractivity contribution < 1.29 is 4.39 Å². The van der Waals surface area contributed by atoms with Crippen molar-refractivity contribution in [2.24, 2.45) is 12.0 Å². The fourth-order valence-corrected chi connectivity index (χ4v) is 4.46. The number of nitrogens with zero attached hydrogens (tertiary/aromatic N) is 5. The zero-order valence-corrected chi connectivity index (χ0v) is 21.4. The van der Waals surface area contributed by atoms with Crippen LogP contribution in [-0.4, -0.2) is 45.9 Å². The summed E-state index contributed by atoms with van der Waals surface area (Å²) >= 11 is 0. The Balaban J connectivity index is 0.00000289. The van der Waals surface area contributed by atoms with E-state index in [1.54, 1.807) is 12.1 Å². The van der Waals surface area contributed by atoms with Gasteiger partial charge in [0, 0.05) is 37.9 Å². The molecule has 1 saturated carbocycles. The van der Waals surface area contributed by atoms with Crippen molar-refractivity contribution in [3.8, 4) is 0 Å². The molecule has 2 aliphatic rings. The van der Waals surface area contributed by atoms with Gasteiger partial charge < -0.3 is 20.1 Å². The van der Waals surface area contributed by atoms with Crippen LogP contribution in [0.5, 0.6) is 0 Å². The maximum absolute atomic E-state index is 13.6. The van der Waals surface area contributed by atoms with Crippen LogP contribution in [0, 0.1) is 12.7 Å². The molecule has 2 aromatic rings. The predicted octanol–water partition coefficient (Wildman–Crippen LogP) is 3.92. The van der Waals surface area contributed by atoms with E-state index < -0.39 is 0 Å². The molecule has 2 heterocycles. The second-order valence-electron chi connectivity index (χ2n) is 8.75. The van der Waals surface area contributed by atoms with Crippen LogP contribution in [0.2, 0.25) is 0 Å². The third-order valence-electron chi connectivity index (χ3n) is 6.52. The maximum Gasteiger partial charge on any atom is 0.192 e. The van der Waals surface area contributed by atoms with Gasteiger partial charge in [-0.05, 0) is 50.8 Å². The summed E-state index contributed by atoms with van der Waals surface area (Å²) in [6.45, 7) is 4.26. The summed E-state index contributed by atoms with van der Waals surface area (Å²) in [7, 11) is 1.98. The van der Waals surface area contributed by atoms with Gasteiger partial charge >= 0.3 is 0 Å². The molecule has 1 aromatic heterocycles. The molecule has 1 aromatic carbocycles. The van der Waals surface area contributed by atoms with Crippen LogP contribution in [-0.2, 0) is 13.6 Å². The normalized spacial score (nSPS) is 18.3. The minimum absolute atomic E-state index is 0. The van der Waals surface area contributed by atoms with Gasteiger partial charge in [0.15, 0.2) is 11.8 Å². The van der Waals surface area contributed by atoms with Crippen LogP contribution in [0.25, 0.3) is 0 Å². The molecule has 0 spiro atoms. The molecule has 0 bridgehead atoms. The summed E-state index contributed by atoms with van der Waals surface area (Å²) in [5.41, 5.74) is 0.963. The average molecular weight is 555 g/mol. The number of anilines is 1. The summed E-state index contributed by atoms with van der Waals surface area (Å²) < 4.78 is 15.6. The summed E-state index contributed by atoms with van der Waals surface area (Å²) in [4.78, 5) is 7.11. The van der Waals surface area contributed by atoms with E-state index in [-0.39, 0.29) is 29.8 Å². The minimum Gasteiger partial charge on any atom is -0.371 e. The van der Waals surface area contributed by atoms with Gasteiger partial charge in [-0.3, -0.25) is 0 Å². The van der Waals surface area contributed by atoms with E-state index in [1.165, 1.54) is 38.2 Å². The minimum atomic E-state index is -0.178. The summed E-state index contributed by atoms with van der Waals surface area (Å²) in [6, 6.07) is 7.71. The van der Waals surface area contributed by atoms with E-state index in [4.69, 9.17) is 4.99 Å². The Bertz CT molecular complexity index is 886. The van der Waals surface area contributed by atoms with E-state index in [1.807, 2.05) is 24.6 Å². The molecule has 4 rings (SSSR count). The molecule has 9 heteroatoms. The van der Waals surface area contributed by atoms with Gasteiger partial charge in [0.25, 0.3) is 0 Å². The molecule has 32 heavy (non-hydrogen) atoms. The molecule has 176 valence electrons. The molecule has 2 fully saturated rings. The second kappa shape index (κ2) is 11.8. The molecule has 1 aliphatic heterocycles. The molecular weight excluding hydrogens is 520 g/mol. The van der Waals surface area contributed by atoms with E-state index in [2.05, 4.69) is 25.7 Å². The van der Waals surface area contributed by atoms with E-state index in [9.17, 15) is 4.39 Å². The Kier molecular flexibility index (Phi) is 9.12. The first-order valence-electron chi connectivity index (χ1n) is 11.5. The summed E-state index contributed by atoms with van der Waals surface area (Å²) in [6.07, 6.45) is 8.26. The highest BCUT2D eigenvalue weighted by molar-refractivity contribution is 14.0. The van der Waals surface area contributed by atoms with Crippen LogP contribution in [0.15, 0.2) is 29.3 Å². The third-order valence-corrected chi connectivity index (χ3v) is 6.52. The van der Waals surface area contributed by atoms with Crippen LogP contribution < -0.4 is 15.5 Å². The lowest BCUT2D eigenvalue weighted by Gasteiger charge is -2.35. The Hall–Kier alpha value is -1.91. The lowest BCUT2D eigenvalue weighted by atomic mass is 9.95. The number of nitrogens with one attached hydrogen (secondary N) is 2. The van der Waals surface area contributed by atoms with Gasteiger partial charge in [-0.1, -0.05) is 25.3 Å². The van der Waals surface area contributed by atoms with Gasteiger partial charge in [0.05, 0.1) is 0 Å². The van der Waals surface area contributed by atoms with Crippen molar-refractivity contribution in [1.29, 1.82) is 0 Å². The quantitative estimate of drug-likeness (QED) is 0.333. The molecule has 1 saturated heterocycles. The molecule has 0 radical (unpaired) electrons. The largest absolute Gasteiger partial charge is 0.371 e. The monoisotopic (exact) mass is 555 g/mol. The van der Waals surface area contributed by atoms with Gasteiger partial charge in [-0.2, -0.15) is 0 Å². The first kappa shape index (κ1) is 24.7. The number of halogens is 2. The zero-order valence-electron chi connectivity index (χ0n) is 19.1. The van der Waals surface area contributed by atoms with Crippen molar-refractivity contribution in [2.45, 2.75) is 70.5 Å². The van der Waals surface area contributed by atoms with Crippen LogP contribution in [0.3, 0.4) is 0 Å². The van der Waals surface area contributed by atoms with Crippen LogP contribution in [0.4, 0.5) is 10.1 Å². The van der Waals surface area contributed by atoms with Gasteiger partial charge in [0.1, 0.15) is 18.2 Å². The number of guanidine groups is 1. The molecule has 1 aliphatic carbocycles. The number of rotatable bonds is 5. The number of piperidine rings is 1. The van der Waals surface area contributed by atoms with Crippen molar-refractivity contribution in [3.63, 3.8) is 0 Å². The molecular formula is C23H35FIN7. The Morgan fingerprint density at radius 3 is 2.38 bits per heavy atom. The van der Waals surface area contributed by atoms with Crippen LogP contribution >= 0.6 is 24.0 Å². The average Bonchev–Trinajstić information content (AvgIpc) is 3.11. The highest BCUT2D eigenvalue weighted by Gasteiger charge is 2.22. The number of hydrogen-bond donors (Lipinski definition) is 2. The topological polar surface area (TPSA) is 70.4 Å². The number of hydrogen-bond acceptors (Lipinski definition) is 4. The Morgan fingerprint density at radius 1 is 1.06 bits per heavy atom. The first-order chi connectivity index (χ1) is 15.1. The maximum atomic E-state index is 13.6. The van der Waals surface area contributed by atoms with Crippen molar-refractivity contribution >= 4 is 35.6 Å². The number of aryl methyl sites for hydroxylation is 1. The van der Waals surface area contributed by atoms with Crippen LogP contribution in [0.1, 0.15) is 56.6 Å². The Labute approximate surface area is 207 Å². The smallest absolute Gasteiger partial charge is 0.192 e. The zero-order chi connectivity index (χ0) is 21.6. The van der Waals surface area contributed by atoms with E-state index in [0.717, 1.165) is 49.2 Å². The van der Waals surface area contributed by atoms with Gasteiger partial charge in [-0.15, -0.1) is 34.2 Å². The van der Waals surface area contributed by atoms with Gasteiger partial charge in [-0.25, -0.2) is 9.38 Å². The summed E-state index contributed by atoms with van der Waals surface area (Å²) in [5.74, 6) is 2.45. The molecule has 7 nitrogen and oxygen atoms in total. The second-order valence-corrected chi connectivity index (χ2v) is 8.75. The SMILES string of the molecule is Cc1nnc(CN=C(NC2CCCCC2)NC2CCN(c3cccc(F)c3)CC2)n1C.I. The lowest BCUT2D eigenvalue weighted by molar-refractivity contribution is 0.401. The van der Waals surface area contributed by atoms with Gasteiger partial charge in [0.2, 0.25) is 0 Å². The molecule has 2 N–H and O–H groups in total. The van der Waals surface area contributed by atoms with Crippen molar-refractivity contribution in [2.75, 3.05) is 18.0 Å².